The van der Waals surface area contributed by atoms with Crippen molar-refractivity contribution < 1.29 is 33.8 Å². The number of benzene rings is 6. The smallest absolute Gasteiger partial charge is 0.340 e. The SMILES string of the molecule is CC(C)(C)OC(=O)c1ccc(-c2ccccc2)cc1NC(=O)c1cc(C2CCNCC2)ccc1O.Cc1ccc(-c2ccncc2)cc1C(=O)Nc1cc(-c2ccccc2)ccc1C(=O)OC(C)(C)C. The van der Waals surface area contributed by atoms with Crippen LogP contribution >= 0.6 is 0 Å². The van der Waals surface area contributed by atoms with E-state index in [1.807, 2.05) is 143 Å². The molecular formula is C59H60N4O7. The molecule has 358 valence electrons. The molecule has 0 atom stereocenters. The number of aryl methyl sites for hydroxylation is 1. The highest BCUT2D eigenvalue weighted by Gasteiger charge is 2.25. The van der Waals surface area contributed by atoms with Gasteiger partial charge in [0.15, 0.2) is 0 Å². The minimum atomic E-state index is -0.683. The lowest BCUT2D eigenvalue weighted by Gasteiger charge is -2.23. The fourth-order valence-corrected chi connectivity index (χ4v) is 8.05. The van der Waals surface area contributed by atoms with Gasteiger partial charge >= 0.3 is 11.9 Å². The number of hydrogen-bond acceptors (Lipinski definition) is 9. The maximum atomic E-state index is 13.5. The van der Waals surface area contributed by atoms with Crippen LogP contribution in [0.25, 0.3) is 33.4 Å². The van der Waals surface area contributed by atoms with Gasteiger partial charge in [0, 0.05) is 18.0 Å². The second-order valence-electron chi connectivity index (χ2n) is 19.2. The second kappa shape index (κ2) is 22.0. The zero-order valence-electron chi connectivity index (χ0n) is 40.8. The number of anilines is 2. The van der Waals surface area contributed by atoms with Crippen molar-refractivity contribution in [2.45, 2.75) is 78.4 Å². The Kier molecular flexibility index (Phi) is 15.7. The Morgan fingerprint density at radius 3 is 1.49 bits per heavy atom. The second-order valence-corrected chi connectivity index (χ2v) is 19.2. The molecule has 0 radical (unpaired) electrons. The Balaban J connectivity index is 0.000000206. The predicted octanol–water partition coefficient (Wildman–Crippen LogP) is 12.7. The minimum absolute atomic E-state index is 0.0989. The molecule has 0 saturated carbocycles. The highest BCUT2D eigenvalue weighted by atomic mass is 16.6. The van der Waals surface area contributed by atoms with Crippen molar-refractivity contribution >= 4 is 35.1 Å². The molecule has 2 amide bonds. The van der Waals surface area contributed by atoms with Gasteiger partial charge in [-0.1, -0.05) is 91.0 Å². The van der Waals surface area contributed by atoms with Crippen LogP contribution in [0.15, 0.2) is 158 Å². The lowest BCUT2D eigenvalue weighted by atomic mass is 9.89. The molecule has 0 spiro atoms. The van der Waals surface area contributed by atoms with Gasteiger partial charge in [0.2, 0.25) is 0 Å². The van der Waals surface area contributed by atoms with E-state index in [-0.39, 0.29) is 22.8 Å². The number of aromatic nitrogens is 1. The molecule has 1 fully saturated rings. The molecular weight excluding hydrogens is 877 g/mol. The Morgan fingerprint density at radius 2 is 0.986 bits per heavy atom. The van der Waals surface area contributed by atoms with Crippen LogP contribution in [0.4, 0.5) is 11.4 Å². The Morgan fingerprint density at radius 1 is 0.529 bits per heavy atom. The molecule has 1 aliphatic heterocycles. The number of nitrogens with zero attached hydrogens (tertiary/aromatic N) is 1. The number of ether oxygens (including phenoxy) is 2. The molecule has 1 aromatic heterocycles. The number of pyridine rings is 1. The van der Waals surface area contributed by atoms with Gasteiger partial charge in [0.05, 0.1) is 28.1 Å². The number of esters is 2. The highest BCUT2D eigenvalue weighted by Crippen LogP contribution is 2.33. The van der Waals surface area contributed by atoms with Gasteiger partial charge < -0.3 is 30.5 Å². The normalized spacial score (nSPS) is 12.7. The number of carbonyl (C=O) groups is 4. The first kappa shape index (κ1) is 50.0. The summed E-state index contributed by atoms with van der Waals surface area (Å²) in [7, 11) is 0. The summed E-state index contributed by atoms with van der Waals surface area (Å²) < 4.78 is 11.2. The monoisotopic (exact) mass is 936 g/mol. The Labute approximate surface area is 410 Å². The van der Waals surface area contributed by atoms with E-state index in [9.17, 15) is 24.3 Å². The van der Waals surface area contributed by atoms with E-state index in [1.54, 1.807) is 63.5 Å². The summed E-state index contributed by atoms with van der Waals surface area (Å²) in [6.45, 7) is 14.6. The first-order valence-corrected chi connectivity index (χ1v) is 23.5. The van der Waals surface area contributed by atoms with Gasteiger partial charge in [-0.2, -0.15) is 0 Å². The molecule has 0 aliphatic carbocycles. The van der Waals surface area contributed by atoms with Crippen molar-refractivity contribution in [3.8, 4) is 39.1 Å². The third-order valence-corrected chi connectivity index (χ3v) is 11.6. The molecule has 1 saturated heterocycles. The van der Waals surface area contributed by atoms with Crippen LogP contribution in [0.5, 0.6) is 5.75 Å². The van der Waals surface area contributed by atoms with E-state index in [4.69, 9.17) is 9.47 Å². The number of carbonyl (C=O) groups excluding carboxylic acids is 4. The van der Waals surface area contributed by atoms with Crippen molar-refractivity contribution in [2.24, 2.45) is 0 Å². The molecule has 0 unspecified atom stereocenters. The molecule has 11 heteroatoms. The van der Waals surface area contributed by atoms with Crippen LogP contribution in [0.3, 0.4) is 0 Å². The zero-order valence-corrected chi connectivity index (χ0v) is 40.8. The summed E-state index contributed by atoms with van der Waals surface area (Å²) in [6.07, 6.45) is 5.40. The number of aromatic hydroxyl groups is 1. The van der Waals surface area contributed by atoms with Crippen LogP contribution in [0, 0.1) is 6.92 Å². The van der Waals surface area contributed by atoms with E-state index in [0.717, 1.165) is 70.4 Å². The fraction of sp³-hybridized carbons (Fsp3) is 0.237. The summed E-state index contributed by atoms with van der Waals surface area (Å²) in [5.74, 6) is -1.56. The number of phenolic OH excluding ortho intramolecular Hbond substituents is 1. The lowest BCUT2D eigenvalue weighted by Crippen LogP contribution is -2.27. The molecule has 2 heterocycles. The van der Waals surface area contributed by atoms with Gasteiger partial charge in [-0.25, -0.2) is 9.59 Å². The first-order chi connectivity index (χ1) is 33.4. The molecule has 4 N–H and O–H groups in total. The third-order valence-electron chi connectivity index (χ3n) is 11.6. The first-order valence-electron chi connectivity index (χ1n) is 23.5. The number of hydrogen-bond donors (Lipinski definition) is 4. The van der Waals surface area contributed by atoms with E-state index >= 15 is 0 Å². The average Bonchev–Trinajstić information content (AvgIpc) is 3.34. The number of nitrogens with one attached hydrogen (secondary N) is 3. The average molecular weight is 937 g/mol. The molecule has 11 nitrogen and oxygen atoms in total. The zero-order chi connectivity index (χ0) is 50.0. The Bertz CT molecular complexity index is 2970. The van der Waals surface area contributed by atoms with Crippen LogP contribution < -0.4 is 16.0 Å². The van der Waals surface area contributed by atoms with E-state index in [1.165, 1.54) is 0 Å². The van der Waals surface area contributed by atoms with Crippen LogP contribution in [-0.4, -0.2) is 58.1 Å². The van der Waals surface area contributed by atoms with E-state index in [2.05, 4.69) is 20.9 Å². The third kappa shape index (κ3) is 13.2. The summed E-state index contributed by atoms with van der Waals surface area (Å²) >= 11 is 0. The molecule has 8 rings (SSSR count). The van der Waals surface area contributed by atoms with Gasteiger partial charge in [-0.15, -0.1) is 0 Å². The van der Waals surface area contributed by atoms with Gasteiger partial charge in [0.25, 0.3) is 11.8 Å². The standard InChI is InChI=1S/C30H28N2O3.C29H32N2O4/c1-20-10-11-23(22-14-16-31-17-15-22)18-26(20)28(33)32-27-19-24(21-8-6-5-7-9-21)12-13-25(27)29(34)35-30(2,3)4;1-29(2,3)35-28(34)23-11-9-22(19-7-5-4-6-8-19)18-25(23)31-27(33)24-17-21(10-12-26(24)32)20-13-15-30-16-14-20/h5-19H,1-4H3,(H,32,33);4-12,17-18,20,30,32H,13-16H2,1-3H3,(H,31,33). The number of phenols is 1. The minimum Gasteiger partial charge on any atom is -0.507 e. The van der Waals surface area contributed by atoms with Gasteiger partial charge in [-0.05, 0) is 179 Å². The quantitative estimate of drug-likeness (QED) is 0.0981. The van der Waals surface area contributed by atoms with Crippen molar-refractivity contribution in [1.29, 1.82) is 0 Å². The number of rotatable bonds is 10. The maximum Gasteiger partial charge on any atom is 0.340 e. The maximum absolute atomic E-state index is 13.5. The molecule has 6 aromatic carbocycles. The van der Waals surface area contributed by atoms with E-state index < -0.39 is 29.0 Å². The number of amides is 2. The number of piperidine rings is 1. The molecule has 70 heavy (non-hydrogen) atoms. The summed E-state index contributed by atoms with van der Waals surface area (Å²) in [5.41, 5.74) is 8.06. The summed E-state index contributed by atoms with van der Waals surface area (Å²) in [6, 6.07) is 44.9. The predicted molar refractivity (Wildman–Crippen MR) is 277 cm³/mol. The van der Waals surface area contributed by atoms with Crippen molar-refractivity contribution in [3.63, 3.8) is 0 Å². The largest absolute Gasteiger partial charge is 0.507 e. The van der Waals surface area contributed by atoms with Crippen molar-refractivity contribution in [2.75, 3.05) is 23.7 Å². The van der Waals surface area contributed by atoms with Crippen LogP contribution in [0.2, 0.25) is 0 Å². The van der Waals surface area contributed by atoms with Crippen LogP contribution in [0.1, 0.15) is 113 Å². The molecule has 1 aliphatic rings. The molecule has 0 bridgehead atoms. The summed E-state index contributed by atoms with van der Waals surface area (Å²) in [4.78, 5) is 56.8. The lowest BCUT2D eigenvalue weighted by molar-refractivity contribution is 0.00580. The van der Waals surface area contributed by atoms with Crippen molar-refractivity contribution in [1.82, 2.24) is 10.3 Å². The van der Waals surface area contributed by atoms with Crippen LogP contribution in [-0.2, 0) is 9.47 Å². The molecule has 7 aromatic rings. The van der Waals surface area contributed by atoms with Crippen molar-refractivity contribution in [3.05, 3.63) is 191 Å². The fourth-order valence-electron chi connectivity index (χ4n) is 8.05. The summed E-state index contributed by atoms with van der Waals surface area (Å²) in [5, 5.41) is 19.7. The van der Waals surface area contributed by atoms with E-state index in [0.29, 0.717) is 28.4 Å². The van der Waals surface area contributed by atoms with Gasteiger partial charge in [-0.3, -0.25) is 14.6 Å². The Hall–Kier alpha value is -7.89. The highest BCUT2D eigenvalue weighted by molar-refractivity contribution is 6.11. The van der Waals surface area contributed by atoms with Gasteiger partial charge in [0.1, 0.15) is 17.0 Å². The topological polar surface area (TPSA) is 156 Å².